The molecule has 96 valence electrons. The third-order valence-corrected chi connectivity index (χ3v) is 3.59. The summed E-state index contributed by atoms with van der Waals surface area (Å²) in [7, 11) is -3.89. The minimum atomic E-state index is -3.89. The van der Waals surface area contributed by atoms with Gasteiger partial charge in [-0.15, -0.1) is 0 Å². The van der Waals surface area contributed by atoms with E-state index in [1.165, 1.54) is 12.4 Å². The van der Waals surface area contributed by atoms with Gasteiger partial charge in [0, 0.05) is 12.4 Å². The molecular weight excluding hydrogens is 252 g/mol. The Labute approximate surface area is 106 Å². The van der Waals surface area contributed by atoms with E-state index in [1.807, 2.05) is 32.9 Å². The molecule has 0 amide bonds. The van der Waals surface area contributed by atoms with Gasteiger partial charge in [-0.25, -0.2) is 4.98 Å². The first-order chi connectivity index (χ1) is 8.40. The Morgan fingerprint density at radius 3 is 2.28 bits per heavy atom. The second kappa shape index (κ2) is 4.45. The minimum absolute atomic E-state index is 0.193. The number of rotatable bonds is 3. The highest BCUT2D eigenvalue weighted by Gasteiger charge is 2.21. The Kier molecular flexibility index (Phi) is 3.13. The molecule has 0 fully saturated rings. The molecule has 5 nitrogen and oxygen atoms in total. The van der Waals surface area contributed by atoms with Gasteiger partial charge in [-0.1, -0.05) is 17.7 Å². The fraction of sp³-hybridized carbons (Fsp3) is 0.250. The Bertz CT molecular complexity index is 638. The van der Waals surface area contributed by atoms with Crippen LogP contribution in [0.15, 0.2) is 29.7 Å². The van der Waals surface area contributed by atoms with Crippen LogP contribution in [-0.2, 0) is 10.1 Å². The van der Waals surface area contributed by atoms with Gasteiger partial charge in [0.25, 0.3) is 5.16 Å². The zero-order chi connectivity index (χ0) is 13.3. The lowest BCUT2D eigenvalue weighted by molar-refractivity contribution is 0.475. The van der Waals surface area contributed by atoms with Crippen LogP contribution in [0, 0.1) is 20.8 Å². The summed E-state index contributed by atoms with van der Waals surface area (Å²) in [4.78, 5) is 6.22. The summed E-state index contributed by atoms with van der Waals surface area (Å²) >= 11 is 0. The molecule has 0 radical (unpaired) electrons. The van der Waals surface area contributed by atoms with Gasteiger partial charge in [-0.2, -0.15) is 8.42 Å². The standard InChI is InChI=1S/C12H14N2O3S/c1-8-6-9(2)11(10(3)7-8)17-18(15,16)12-13-4-5-14-12/h4-7H,1-3H3,(H,13,14). The molecule has 1 aromatic heterocycles. The van der Waals surface area contributed by atoms with Crippen molar-refractivity contribution in [2.24, 2.45) is 0 Å². The van der Waals surface area contributed by atoms with E-state index in [1.54, 1.807) is 0 Å². The first-order valence-electron chi connectivity index (χ1n) is 5.42. The summed E-state index contributed by atoms with van der Waals surface area (Å²) in [6.07, 6.45) is 2.80. The second-order valence-corrected chi connectivity index (χ2v) is 5.62. The van der Waals surface area contributed by atoms with E-state index in [0.717, 1.165) is 16.7 Å². The number of aryl methyl sites for hydroxylation is 3. The molecule has 0 bridgehead atoms. The predicted octanol–water partition coefficient (Wildman–Crippen LogP) is 2.10. The number of hydrogen-bond donors (Lipinski definition) is 1. The highest BCUT2D eigenvalue weighted by Crippen LogP contribution is 2.27. The van der Waals surface area contributed by atoms with Crippen LogP contribution < -0.4 is 4.18 Å². The number of aromatic amines is 1. The predicted molar refractivity (Wildman–Crippen MR) is 67.1 cm³/mol. The lowest BCUT2D eigenvalue weighted by Gasteiger charge is -2.11. The van der Waals surface area contributed by atoms with Crippen molar-refractivity contribution >= 4 is 10.1 Å². The third-order valence-electron chi connectivity index (χ3n) is 2.51. The number of imidazole rings is 1. The van der Waals surface area contributed by atoms with Gasteiger partial charge in [-0.05, 0) is 31.9 Å². The van der Waals surface area contributed by atoms with Gasteiger partial charge >= 0.3 is 10.1 Å². The van der Waals surface area contributed by atoms with Gasteiger partial charge in [0.15, 0.2) is 0 Å². The quantitative estimate of drug-likeness (QED) is 0.863. The first kappa shape index (κ1) is 12.6. The van der Waals surface area contributed by atoms with E-state index in [-0.39, 0.29) is 5.16 Å². The zero-order valence-electron chi connectivity index (χ0n) is 10.4. The summed E-state index contributed by atoms with van der Waals surface area (Å²) in [6, 6.07) is 3.75. The summed E-state index contributed by atoms with van der Waals surface area (Å²) in [5, 5.41) is -0.193. The minimum Gasteiger partial charge on any atom is -0.376 e. The third kappa shape index (κ3) is 2.38. The highest BCUT2D eigenvalue weighted by molar-refractivity contribution is 7.86. The van der Waals surface area contributed by atoms with Crippen LogP contribution in [0.2, 0.25) is 0 Å². The normalized spacial score (nSPS) is 11.5. The van der Waals surface area contributed by atoms with Crippen molar-refractivity contribution in [3.63, 3.8) is 0 Å². The summed E-state index contributed by atoms with van der Waals surface area (Å²) in [5.41, 5.74) is 2.62. The monoisotopic (exact) mass is 266 g/mol. The highest BCUT2D eigenvalue weighted by atomic mass is 32.2. The molecule has 2 rings (SSSR count). The lowest BCUT2D eigenvalue weighted by Crippen LogP contribution is -2.13. The Hall–Kier alpha value is -1.82. The Morgan fingerprint density at radius 2 is 1.78 bits per heavy atom. The smallest absolute Gasteiger partial charge is 0.373 e. The molecule has 0 spiro atoms. The van der Waals surface area contributed by atoms with E-state index in [0.29, 0.717) is 5.75 Å². The average molecular weight is 266 g/mol. The molecule has 1 heterocycles. The van der Waals surface area contributed by atoms with Crippen molar-refractivity contribution < 1.29 is 12.6 Å². The van der Waals surface area contributed by atoms with Crippen molar-refractivity contribution in [2.45, 2.75) is 25.9 Å². The topological polar surface area (TPSA) is 72.1 Å². The summed E-state index contributed by atoms with van der Waals surface area (Å²) in [6.45, 7) is 5.57. The summed E-state index contributed by atoms with van der Waals surface area (Å²) in [5.74, 6) is 0.358. The Balaban J connectivity index is 2.42. The SMILES string of the molecule is Cc1cc(C)c(OS(=O)(=O)c2ncc[nH]2)c(C)c1. The molecule has 1 N–H and O–H groups in total. The first-order valence-corrected chi connectivity index (χ1v) is 6.83. The maximum Gasteiger partial charge on any atom is 0.373 e. The fourth-order valence-electron chi connectivity index (χ4n) is 1.83. The van der Waals surface area contributed by atoms with Crippen LogP contribution >= 0.6 is 0 Å². The van der Waals surface area contributed by atoms with E-state index < -0.39 is 10.1 Å². The van der Waals surface area contributed by atoms with E-state index in [9.17, 15) is 8.42 Å². The molecule has 0 atom stereocenters. The molecule has 0 aliphatic heterocycles. The molecule has 0 aliphatic carbocycles. The van der Waals surface area contributed by atoms with Gasteiger partial charge in [0.05, 0.1) is 0 Å². The van der Waals surface area contributed by atoms with Crippen molar-refractivity contribution in [1.29, 1.82) is 0 Å². The van der Waals surface area contributed by atoms with Gasteiger partial charge in [0.2, 0.25) is 0 Å². The zero-order valence-corrected chi connectivity index (χ0v) is 11.2. The van der Waals surface area contributed by atoms with Crippen LogP contribution in [0.25, 0.3) is 0 Å². The van der Waals surface area contributed by atoms with E-state index >= 15 is 0 Å². The van der Waals surface area contributed by atoms with Gasteiger partial charge in [-0.3, -0.25) is 0 Å². The van der Waals surface area contributed by atoms with Crippen LogP contribution in [0.1, 0.15) is 16.7 Å². The van der Waals surface area contributed by atoms with Crippen LogP contribution in [-0.4, -0.2) is 18.4 Å². The van der Waals surface area contributed by atoms with Gasteiger partial charge < -0.3 is 9.17 Å². The van der Waals surface area contributed by atoms with Crippen LogP contribution in [0.3, 0.4) is 0 Å². The fourth-order valence-corrected chi connectivity index (χ4v) is 2.80. The molecule has 18 heavy (non-hydrogen) atoms. The molecule has 1 aromatic carbocycles. The van der Waals surface area contributed by atoms with Crippen molar-refractivity contribution in [1.82, 2.24) is 9.97 Å². The van der Waals surface area contributed by atoms with E-state index in [4.69, 9.17) is 4.18 Å². The molecule has 0 unspecified atom stereocenters. The van der Waals surface area contributed by atoms with Gasteiger partial charge in [0.1, 0.15) is 5.75 Å². The molecule has 0 saturated heterocycles. The maximum atomic E-state index is 11.9. The molecular formula is C12H14N2O3S. The number of aromatic nitrogens is 2. The summed E-state index contributed by atoms with van der Waals surface area (Å²) < 4.78 is 29.0. The van der Waals surface area contributed by atoms with Crippen molar-refractivity contribution in [3.8, 4) is 5.75 Å². The molecule has 0 aliphatic rings. The number of hydrogen-bond acceptors (Lipinski definition) is 4. The number of H-pyrrole nitrogens is 1. The molecule has 2 aromatic rings. The maximum absolute atomic E-state index is 11.9. The largest absolute Gasteiger partial charge is 0.376 e. The second-order valence-electron chi connectivity index (χ2n) is 4.16. The Morgan fingerprint density at radius 1 is 1.17 bits per heavy atom. The van der Waals surface area contributed by atoms with Crippen molar-refractivity contribution in [2.75, 3.05) is 0 Å². The van der Waals surface area contributed by atoms with Crippen LogP contribution in [0.5, 0.6) is 5.75 Å². The number of benzene rings is 1. The van der Waals surface area contributed by atoms with E-state index in [2.05, 4.69) is 9.97 Å². The number of nitrogens with one attached hydrogen (secondary N) is 1. The molecule has 6 heteroatoms. The van der Waals surface area contributed by atoms with Crippen LogP contribution in [0.4, 0.5) is 0 Å². The van der Waals surface area contributed by atoms with Crippen molar-refractivity contribution in [3.05, 3.63) is 41.2 Å². The number of nitrogens with zero attached hydrogens (tertiary/aromatic N) is 1. The average Bonchev–Trinajstić information content (AvgIpc) is 2.77. The molecule has 0 saturated carbocycles. The lowest BCUT2D eigenvalue weighted by atomic mass is 10.1.